The number of rotatable bonds is 10. The third kappa shape index (κ3) is 6.08. The number of ether oxygens (including phenoxy) is 2. The van der Waals surface area contributed by atoms with E-state index in [0.29, 0.717) is 18.2 Å². The molecule has 20 heavy (non-hydrogen) atoms. The number of anilines is 2. The topological polar surface area (TPSA) is 72.6 Å². The molecule has 6 nitrogen and oxygen atoms in total. The molecule has 0 saturated heterocycles. The first-order valence-electron chi connectivity index (χ1n) is 6.98. The lowest BCUT2D eigenvalue weighted by Crippen LogP contribution is -2.28. The van der Waals surface area contributed by atoms with Crippen molar-refractivity contribution in [3.05, 3.63) is 12.1 Å². The average Bonchev–Trinajstić information content (AvgIpc) is 2.45. The van der Waals surface area contributed by atoms with E-state index in [1.54, 1.807) is 7.11 Å². The van der Waals surface area contributed by atoms with Crippen LogP contribution in [-0.4, -0.2) is 56.9 Å². The van der Waals surface area contributed by atoms with Crippen LogP contribution in [0.1, 0.15) is 13.3 Å². The van der Waals surface area contributed by atoms with Gasteiger partial charge in [-0.2, -0.15) is 4.98 Å². The Morgan fingerprint density at radius 1 is 1.30 bits per heavy atom. The normalized spacial score (nSPS) is 10.8. The van der Waals surface area contributed by atoms with E-state index < -0.39 is 0 Å². The second-order valence-electron chi connectivity index (χ2n) is 4.66. The van der Waals surface area contributed by atoms with Crippen molar-refractivity contribution in [3.63, 3.8) is 0 Å². The second-order valence-corrected chi connectivity index (χ2v) is 4.66. The average molecular weight is 282 g/mol. The van der Waals surface area contributed by atoms with Crippen LogP contribution in [0.5, 0.6) is 5.88 Å². The summed E-state index contributed by atoms with van der Waals surface area (Å²) in [7, 11) is 3.77. The van der Waals surface area contributed by atoms with Gasteiger partial charge < -0.3 is 25.4 Å². The monoisotopic (exact) mass is 282 g/mol. The number of likely N-dealkylation sites (N-methyl/N-ethyl adjacent to an activating group) is 1. The van der Waals surface area contributed by atoms with Crippen LogP contribution >= 0.6 is 0 Å². The molecule has 114 valence electrons. The second kappa shape index (κ2) is 9.39. The molecule has 3 N–H and O–H groups in total. The maximum Gasteiger partial charge on any atom is 0.239 e. The standard InChI is InChI=1S/C14H26N4O2/c1-4-10-20-14-12(15)5-6-13(17-14)16-7-8-18(2)9-11-19-3/h5-6H,4,7-11,15H2,1-3H3,(H,16,17). The Balaban J connectivity index is 2.39. The summed E-state index contributed by atoms with van der Waals surface area (Å²) in [5, 5.41) is 3.27. The van der Waals surface area contributed by atoms with Gasteiger partial charge in [-0.15, -0.1) is 0 Å². The highest BCUT2D eigenvalue weighted by molar-refractivity contribution is 5.53. The molecule has 0 aromatic carbocycles. The molecule has 1 aromatic rings. The third-order valence-corrected chi connectivity index (χ3v) is 2.81. The number of hydrogen-bond donors (Lipinski definition) is 2. The predicted octanol–water partition coefficient (Wildman–Crippen LogP) is 1.44. The molecular weight excluding hydrogens is 256 g/mol. The molecule has 0 fully saturated rings. The van der Waals surface area contributed by atoms with Gasteiger partial charge in [-0.1, -0.05) is 6.92 Å². The van der Waals surface area contributed by atoms with Gasteiger partial charge in [0, 0.05) is 26.7 Å². The Labute approximate surface area is 121 Å². The molecule has 0 aliphatic rings. The summed E-state index contributed by atoms with van der Waals surface area (Å²) in [5.41, 5.74) is 6.40. The Morgan fingerprint density at radius 2 is 2.10 bits per heavy atom. The lowest BCUT2D eigenvalue weighted by molar-refractivity contribution is 0.163. The fraction of sp³-hybridized carbons (Fsp3) is 0.643. The molecule has 6 heteroatoms. The van der Waals surface area contributed by atoms with Gasteiger partial charge >= 0.3 is 0 Å². The Morgan fingerprint density at radius 3 is 2.80 bits per heavy atom. The highest BCUT2D eigenvalue weighted by Crippen LogP contribution is 2.20. The van der Waals surface area contributed by atoms with Gasteiger partial charge in [-0.25, -0.2) is 0 Å². The molecule has 0 aliphatic heterocycles. The van der Waals surface area contributed by atoms with Crippen molar-refractivity contribution >= 4 is 11.5 Å². The fourth-order valence-corrected chi connectivity index (χ4v) is 1.60. The first-order valence-corrected chi connectivity index (χ1v) is 6.98. The SMILES string of the molecule is CCCOc1nc(NCCN(C)CCOC)ccc1N. The lowest BCUT2D eigenvalue weighted by atomic mass is 10.4. The minimum Gasteiger partial charge on any atom is -0.476 e. The summed E-state index contributed by atoms with van der Waals surface area (Å²) in [6.45, 7) is 6.06. The summed E-state index contributed by atoms with van der Waals surface area (Å²) >= 11 is 0. The third-order valence-electron chi connectivity index (χ3n) is 2.81. The zero-order valence-corrected chi connectivity index (χ0v) is 12.7. The summed E-state index contributed by atoms with van der Waals surface area (Å²) < 4.78 is 10.5. The van der Waals surface area contributed by atoms with E-state index >= 15 is 0 Å². The Kier molecular flexibility index (Phi) is 7.75. The molecule has 1 heterocycles. The number of hydrogen-bond acceptors (Lipinski definition) is 6. The van der Waals surface area contributed by atoms with Crippen LogP contribution in [0.3, 0.4) is 0 Å². The molecule has 0 amide bonds. The molecule has 0 bridgehead atoms. The summed E-state index contributed by atoms with van der Waals surface area (Å²) in [5.74, 6) is 1.29. The zero-order chi connectivity index (χ0) is 14.8. The highest BCUT2D eigenvalue weighted by atomic mass is 16.5. The predicted molar refractivity (Wildman–Crippen MR) is 82.3 cm³/mol. The van der Waals surface area contributed by atoms with E-state index in [-0.39, 0.29) is 0 Å². The first-order chi connectivity index (χ1) is 9.67. The molecule has 0 unspecified atom stereocenters. The lowest BCUT2D eigenvalue weighted by Gasteiger charge is -2.16. The van der Waals surface area contributed by atoms with Gasteiger partial charge in [-0.05, 0) is 25.6 Å². The number of nitrogens with one attached hydrogen (secondary N) is 1. The van der Waals surface area contributed by atoms with E-state index in [4.69, 9.17) is 15.2 Å². The van der Waals surface area contributed by atoms with Gasteiger partial charge in [0.25, 0.3) is 0 Å². The number of nitrogen functional groups attached to an aromatic ring is 1. The van der Waals surface area contributed by atoms with Crippen LogP contribution in [-0.2, 0) is 4.74 Å². The minimum absolute atomic E-state index is 0.504. The molecule has 0 aliphatic carbocycles. The summed E-state index contributed by atoms with van der Waals surface area (Å²) in [6.07, 6.45) is 0.934. The number of methoxy groups -OCH3 is 1. The first kappa shape index (κ1) is 16.5. The van der Waals surface area contributed by atoms with Crippen molar-refractivity contribution in [1.29, 1.82) is 0 Å². The van der Waals surface area contributed by atoms with Crippen molar-refractivity contribution in [2.75, 3.05) is 58.1 Å². The Bertz CT molecular complexity index is 387. The van der Waals surface area contributed by atoms with E-state index in [0.717, 1.165) is 38.5 Å². The molecule has 1 aromatic heterocycles. The van der Waals surface area contributed by atoms with Gasteiger partial charge in [0.1, 0.15) is 5.82 Å². The molecule has 0 atom stereocenters. The van der Waals surface area contributed by atoms with Crippen LogP contribution < -0.4 is 15.8 Å². The number of pyridine rings is 1. The van der Waals surface area contributed by atoms with Crippen molar-refractivity contribution in [2.45, 2.75) is 13.3 Å². The van der Waals surface area contributed by atoms with Gasteiger partial charge in [0.05, 0.1) is 18.9 Å². The van der Waals surface area contributed by atoms with Gasteiger partial charge in [0.2, 0.25) is 5.88 Å². The van der Waals surface area contributed by atoms with E-state index in [1.165, 1.54) is 0 Å². The Hall–Kier alpha value is -1.53. The largest absolute Gasteiger partial charge is 0.476 e. The summed E-state index contributed by atoms with van der Waals surface area (Å²) in [4.78, 5) is 6.56. The van der Waals surface area contributed by atoms with Crippen molar-refractivity contribution in [1.82, 2.24) is 9.88 Å². The fourth-order valence-electron chi connectivity index (χ4n) is 1.60. The quantitative estimate of drug-likeness (QED) is 0.676. The maximum absolute atomic E-state index is 5.82. The molecule has 0 saturated carbocycles. The van der Waals surface area contributed by atoms with Gasteiger partial charge in [-0.3, -0.25) is 0 Å². The molecule has 0 radical (unpaired) electrons. The van der Waals surface area contributed by atoms with Crippen molar-refractivity contribution in [2.24, 2.45) is 0 Å². The van der Waals surface area contributed by atoms with Crippen LogP contribution in [0, 0.1) is 0 Å². The number of aromatic nitrogens is 1. The highest BCUT2D eigenvalue weighted by Gasteiger charge is 2.04. The molecular formula is C14H26N4O2. The van der Waals surface area contributed by atoms with E-state index in [9.17, 15) is 0 Å². The van der Waals surface area contributed by atoms with E-state index in [1.807, 2.05) is 19.1 Å². The molecule has 1 rings (SSSR count). The number of nitrogens with two attached hydrogens (primary N) is 1. The maximum atomic E-state index is 5.82. The van der Waals surface area contributed by atoms with Crippen LogP contribution in [0.2, 0.25) is 0 Å². The number of nitrogens with zero attached hydrogens (tertiary/aromatic N) is 2. The van der Waals surface area contributed by atoms with Gasteiger partial charge in [0.15, 0.2) is 0 Å². The zero-order valence-electron chi connectivity index (χ0n) is 12.7. The smallest absolute Gasteiger partial charge is 0.239 e. The van der Waals surface area contributed by atoms with Crippen molar-refractivity contribution < 1.29 is 9.47 Å². The van der Waals surface area contributed by atoms with Crippen molar-refractivity contribution in [3.8, 4) is 5.88 Å². The molecule has 0 spiro atoms. The summed E-state index contributed by atoms with van der Waals surface area (Å²) in [6, 6.07) is 3.68. The van der Waals surface area contributed by atoms with E-state index in [2.05, 4.69) is 22.2 Å². The van der Waals surface area contributed by atoms with Crippen LogP contribution in [0.4, 0.5) is 11.5 Å². The minimum atomic E-state index is 0.504. The van der Waals surface area contributed by atoms with Crippen LogP contribution in [0.15, 0.2) is 12.1 Å². The van der Waals surface area contributed by atoms with Crippen LogP contribution in [0.25, 0.3) is 0 Å².